The Morgan fingerprint density at radius 1 is 1.04 bits per heavy atom. The fourth-order valence-electron chi connectivity index (χ4n) is 2.36. The van der Waals surface area contributed by atoms with E-state index in [2.05, 4.69) is 5.32 Å². The summed E-state index contributed by atoms with van der Waals surface area (Å²) < 4.78 is 26.2. The van der Waals surface area contributed by atoms with Gasteiger partial charge in [-0.1, -0.05) is 13.8 Å². The highest BCUT2D eigenvalue weighted by atomic mass is 32.2. The predicted octanol–water partition coefficient (Wildman–Crippen LogP) is 2.88. The van der Waals surface area contributed by atoms with E-state index in [1.54, 1.807) is 13.8 Å². The van der Waals surface area contributed by atoms with E-state index in [0.29, 0.717) is 18.8 Å². The first-order valence-electron chi connectivity index (χ1n) is 7.95. The molecule has 138 valence electrons. The molecule has 1 amide bonds. The van der Waals surface area contributed by atoms with E-state index in [4.69, 9.17) is 0 Å². The van der Waals surface area contributed by atoms with Crippen LogP contribution in [0, 0.1) is 10.1 Å². The van der Waals surface area contributed by atoms with Crippen LogP contribution in [0.3, 0.4) is 0 Å². The van der Waals surface area contributed by atoms with Gasteiger partial charge >= 0.3 is 0 Å². The van der Waals surface area contributed by atoms with Crippen molar-refractivity contribution in [2.45, 2.75) is 18.7 Å². The number of hydrogen-bond acceptors (Lipinski definition) is 5. The zero-order valence-electron chi connectivity index (χ0n) is 14.4. The van der Waals surface area contributed by atoms with E-state index >= 15 is 0 Å². The number of nitro groups is 1. The molecule has 0 saturated carbocycles. The van der Waals surface area contributed by atoms with Gasteiger partial charge in [-0.25, -0.2) is 8.42 Å². The van der Waals surface area contributed by atoms with Crippen LogP contribution < -0.4 is 5.32 Å². The number of benzene rings is 2. The Kier molecular flexibility index (Phi) is 6.06. The molecule has 9 heteroatoms. The molecule has 0 radical (unpaired) electrons. The van der Waals surface area contributed by atoms with Crippen molar-refractivity contribution in [2.24, 2.45) is 0 Å². The molecule has 2 aromatic rings. The highest BCUT2D eigenvalue weighted by molar-refractivity contribution is 7.89. The van der Waals surface area contributed by atoms with Crippen molar-refractivity contribution >= 4 is 27.3 Å². The van der Waals surface area contributed by atoms with Gasteiger partial charge in [0, 0.05) is 36.5 Å². The first kappa shape index (κ1) is 19.5. The van der Waals surface area contributed by atoms with E-state index in [0.717, 1.165) is 0 Å². The standard InChI is InChI=1S/C17H19N3O5S/c1-3-19(4-2)26(24,25)16-11-5-13(6-12-16)17(21)18-14-7-9-15(10-8-14)20(22)23/h5-12H,3-4H2,1-2H3,(H,18,21). The second kappa shape index (κ2) is 8.07. The van der Waals surface area contributed by atoms with Gasteiger partial charge < -0.3 is 5.32 Å². The molecular formula is C17H19N3O5S. The first-order chi connectivity index (χ1) is 12.3. The molecule has 0 fully saturated rings. The first-order valence-corrected chi connectivity index (χ1v) is 9.39. The molecule has 2 aromatic carbocycles. The van der Waals surface area contributed by atoms with Gasteiger partial charge in [0.05, 0.1) is 9.82 Å². The number of amides is 1. The van der Waals surface area contributed by atoms with Crippen molar-refractivity contribution in [3.63, 3.8) is 0 Å². The molecule has 8 nitrogen and oxygen atoms in total. The molecule has 0 spiro atoms. The molecule has 0 atom stereocenters. The van der Waals surface area contributed by atoms with Crippen molar-refractivity contribution in [2.75, 3.05) is 18.4 Å². The van der Waals surface area contributed by atoms with Crippen molar-refractivity contribution < 1.29 is 18.1 Å². The van der Waals surface area contributed by atoms with Crippen LogP contribution in [0.2, 0.25) is 0 Å². The molecule has 2 rings (SSSR count). The number of nitrogens with zero attached hydrogens (tertiary/aromatic N) is 2. The Morgan fingerprint density at radius 3 is 2.04 bits per heavy atom. The number of non-ortho nitro benzene ring substituents is 1. The molecular weight excluding hydrogens is 358 g/mol. The summed E-state index contributed by atoms with van der Waals surface area (Å²) >= 11 is 0. The third-order valence-corrected chi connectivity index (χ3v) is 5.86. The second-order valence-electron chi connectivity index (χ2n) is 5.37. The third kappa shape index (κ3) is 4.24. The number of anilines is 1. The Bertz CT molecular complexity index is 889. The number of carbonyl (C=O) groups excluding carboxylic acids is 1. The van der Waals surface area contributed by atoms with Crippen molar-refractivity contribution in [3.8, 4) is 0 Å². The Morgan fingerprint density at radius 2 is 1.58 bits per heavy atom. The molecule has 0 aliphatic carbocycles. The van der Waals surface area contributed by atoms with Gasteiger partial charge in [0.1, 0.15) is 0 Å². The Balaban J connectivity index is 2.15. The van der Waals surface area contributed by atoms with Crippen molar-refractivity contribution in [1.82, 2.24) is 4.31 Å². The Hall–Kier alpha value is -2.78. The van der Waals surface area contributed by atoms with E-state index in [9.17, 15) is 23.3 Å². The minimum atomic E-state index is -3.58. The zero-order chi connectivity index (χ0) is 19.3. The lowest BCUT2D eigenvalue weighted by molar-refractivity contribution is -0.384. The molecule has 0 aromatic heterocycles. The summed E-state index contributed by atoms with van der Waals surface area (Å²) in [6, 6.07) is 11.1. The number of carbonyl (C=O) groups is 1. The van der Waals surface area contributed by atoms with Crippen LogP contribution in [0.1, 0.15) is 24.2 Å². The van der Waals surface area contributed by atoms with Gasteiger partial charge in [-0.15, -0.1) is 0 Å². The summed E-state index contributed by atoms with van der Waals surface area (Å²) in [5, 5.41) is 13.2. The van der Waals surface area contributed by atoms with Crippen LogP contribution >= 0.6 is 0 Å². The van der Waals surface area contributed by atoms with Crippen LogP contribution in [0.5, 0.6) is 0 Å². The van der Waals surface area contributed by atoms with E-state index in [1.807, 2.05) is 0 Å². The maximum atomic E-state index is 12.4. The molecule has 0 bridgehead atoms. The minimum absolute atomic E-state index is 0.0750. The van der Waals surface area contributed by atoms with Crippen molar-refractivity contribution in [1.29, 1.82) is 0 Å². The average Bonchev–Trinajstić information content (AvgIpc) is 2.63. The summed E-state index contributed by atoms with van der Waals surface area (Å²) in [4.78, 5) is 22.5. The highest BCUT2D eigenvalue weighted by Crippen LogP contribution is 2.18. The Labute approximate surface area is 151 Å². The van der Waals surface area contributed by atoms with Crippen molar-refractivity contribution in [3.05, 3.63) is 64.2 Å². The second-order valence-corrected chi connectivity index (χ2v) is 7.31. The summed E-state index contributed by atoms with van der Waals surface area (Å²) in [6.07, 6.45) is 0. The number of nitro benzene ring substituents is 1. The highest BCUT2D eigenvalue weighted by Gasteiger charge is 2.21. The van der Waals surface area contributed by atoms with Gasteiger partial charge in [-0.3, -0.25) is 14.9 Å². The monoisotopic (exact) mass is 377 g/mol. The zero-order valence-corrected chi connectivity index (χ0v) is 15.2. The summed E-state index contributed by atoms with van der Waals surface area (Å²) in [5.74, 6) is -0.439. The lowest BCUT2D eigenvalue weighted by Gasteiger charge is -2.18. The van der Waals surface area contributed by atoms with Gasteiger partial charge in [0.25, 0.3) is 11.6 Å². The summed E-state index contributed by atoms with van der Waals surface area (Å²) in [6.45, 7) is 4.24. The smallest absolute Gasteiger partial charge is 0.269 e. The molecule has 26 heavy (non-hydrogen) atoms. The predicted molar refractivity (Wildman–Crippen MR) is 97.6 cm³/mol. The third-order valence-electron chi connectivity index (χ3n) is 3.80. The molecule has 0 aliphatic heterocycles. The van der Waals surface area contributed by atoms with Gasteiger partial charge in [0.15, 0.2) is 0 Å². The topological polar surface area (TPSA) is 110 Å². The normalized spacial score (nSPS) is 11.3. The number of rotatable bonds is 7. The fraction of sp³-hybridized carbons (Fsp3) is 0.235. The van der Waals surface area contributed by atoms with Crippen LogP contribution in [0.25, 0.3) is 0 Å². The van der Waals surface area contributed by atoms with Crippen LogP contribution in [0.4, 0.5) is 11.4 Å². The lowest BCUT2D eigenvalue weighted by atomic mass is 10.2. The van der Waals surface area contributed by atoms with E-state index in [-0.39, 0.29) is 16.1 Å². The molecule has 0 aliphatic rings. The molecule has 0 heterocycles. The van der Waals surface area contributed by atoms with Gasteiger partial charge in [0.2, 0.25) is 10.0 Å². The molecule has 0 saturated heterocycles. The maximum absolute atomic E-state index is 12.4. The largest absolute Gasteiger partial charge is 0.322 e. The SMILES string of the molecule is CCN(CC)S(=O)(=O)c1ccc(C(=O)Nc2ccc([N+](=O)[O-])cc2)cc1. The van der Waals surface area contributed by atoms with Gasteiger partial charge in [-0.05, 0) is 36.4 Å². The lowest BCUT2D eigenvalue weighted by Crippen LogP contribution is -2.30. The van der Waals surface area contributed by atoms with Crippen LogP contribution in [0.15, 0.2) is 53.4 Å². The maximum Gasteiger partial charge on any atom is 0.269 e. The fourth-order valence-corrected chi connectivity index (χ4v) is 3.82. The molecule has 1 N–H and O–H groups in total. The van der Waals surface area contributed by atoms with Crippen LogP contribution in [-0.2, 0) is 10.0 Å². The quantitative estimate of drug-likeness (QED) is 0.589. The molecule has 0 unspecified atom stereocenters. The summed E-state index contributed by atoms with van der Waals surface area (Å²) in [5.41, 5.74) is 0.608. The van der Waals surface area contributed by atoms with E-state index < -0.39 is 20.9 Å². The minimum Gasteiger partial charge on any atom is -0.322 e. The summed E-state index contributed by atoms with van der Waals surface area (Å²) in [7, 11) is -3.58. The number of hydrogen-bond donors (Lipinski definition) is 1. The number of sulfonamides is 1. The average molecular weight is 377 g/mol. The number of nitrogens with one attached hydrogen (secondary N) is 1. The van der Waals surface area contributed by atoms with Crippen LogP contribution in [-0.4, -0.2) is 36.6 Å². The van der Waals surface area contributed by atoms with E-state index in [1.165, 1.54) is 52.8 Å². The van der Waals surface area contributed by atoms with Gasteiger partial charge in [-0.2, -0.15) is 4.31 Å².